The number of amides is 1. The summed E-state index contributed by atoms with van der Waals surface area (Å²) < 4.78 is 10.5. The highest BCUT2D eigenvalue weighted by Crippen LogP contribution is 2.34. The second-order valence-electron chi connectivity index (χ2n) is 4.18. The first-order valence-electron chi connectivity index (χ1n) is 5.66. The number of fused-ring (bicyclic) bond motifs is 1. The highest BCUT2D eigenvalue weighted by atomic mass is 16.5. The van der Waals surface area contributed by atoms with Crippen molar-refractivity contribution in [3.63, 3.8) is 0 Å². The Morgan fingerprint density at radius 3 is 2.83 bits per heavy atom. The SMILES string of the molecule is COCN1C(=O)C(C)Oc2ccc(C(C)=O)cc21. The number of nitrogens with zero attached hydrogens (tertiary/aromatic N) is 1. The lowest BCUT2D eigenvalue weighted by atomic mass is 10.1. The zero-order valence-corrected chi connectivity index (χ0v) is 10.6. The van der Waals surface area contributed by atoms with Gasteiger partial charge in [0.2, 0.25) is 0 Å². The summed E-state index contributed by atoms with van der Waals surface area (Å²) in [6.07, 6.45) is -0.546. The van der Waals surface area contributed by atoms with Crippen molar-refractivity contribution < 1.29 is 19.1 Å². The molecule has 0 radical (unpaired) electrons. The molecule has 0 spiro atoms. The van der Waals surface area contributed by atoms with Gasteiger partial charge in [0.1, 0.15) is 12.5 Å². The number of carbonyl (C=O) groups excluding carboxylic acids is 2. The molecule has 1 unspecified atom stereocenters. The zero-order chi connectivity index (χ0) is 13.3. The van der Waals surface area contributed by atoms with Crippen molar-refractivity contribution in [2.75, 3.05) is 18.7 Å². The van der Waals surface area contributed by atoms with Gasteiger partial charge in [-0.1, -0.05) is 0 Å². The van der Waals surface area contributed by atoms with Gasteiger partial charge in [0.05, 0.1) is 5.69 Å². The largest absolute Gasteiger partial charge is 0.479 e. The molecule has 96 valence electrons. The van der Waals surface area contributed by atoms with Gasteiger partial charge in [-0.25, -0.2) is 0 Å². The van der Waals surface area contributed by atoms with Gasteiger partial charge < -0.3 is 9.47 Å². The van der Waals surface area contributed by atoms with Crippen LogP contribution in [0, 0.1) is 0 Å². The molecule has 5 nitrogen and oxygen atoms in total. The molecule has 0 aliphatic carbocycles. The highest BCUT2D eigenvalue weighted by Gasteiger charge is 2.31. The lowest BCUT2D eigenvalue weighted by molar-refractivity contribution is -0.126. The number of hydrogen-bond acceptors (Lipinski definition) is 4. The van der Waals surface area contributed by atoms with Crippen molar-refractivity contribution in [3.8, 4) is 5.75 Å². The first-order valence-corrected chi connectivity index (χ1v) is 5.66. The fourth-order valence-corrected chi connectivity index (χ4v) is 1.89. The zero-order valence-electron chi connectivity index (χ0n) is 10.6. The van der Waals surface area contributed by atoms with Crippen molar-refractivity contribution in [2.24, 2.45) is 0 Å². The molecule has 0 saturated heterocycles. The van der Waals surface area contributed by atoms with Crippen LogP contribution in [0.5, 0.6) is 5.75 Å². The Bertz CT molecular complexity index is 498. The number of ketones is 1. The molecule has 1 amide bonds. The minimum absolute atomic E-state index is 0.0544. The van der Waals surface area contributed by atoms with Crippen LogP contribution in [0.4, 0.5) is 5.69 Å². The third kappa shape index (κ3) is 2.09. The van der Waals surface area contributed by atoms with E-state index in [4.69, 9.17) is 9.47 Å². The van der Waals surface area contributed by atoms with Crippen LogP contribution in [0.2, 0.25) is 0 Å². The van der Waals surface area contributed by atoms with E-state index in [0.29, 0.717) is 17.0 Å². The summed E-state index contributed by atoms with van der Waals surface area (Å²) in [4.78, 5) is 24.8. The Morgan fingerprint density at radius 1 is 1.50 bits per heavy atom. The van der Waals surface area contributed by atoms with Crippen LogP contribution in [0.25, 0.3) is 0 Å². The van der Waals surface area contributed by atoms with E-state index in [1.165, 1.54) is 18.9 Å². The quantitative estimate of drug-likeness (QED) is 0.764. The van der Waals surface area contributed by atoms with E-state index >= 15 is 0 Å². The summed E-state index contributed by atoms with van der Waals surface area (Å²) in [5.41, 5.74) is 1.12. The van der Waals surface area contributed by atoms with Crippen LogP contribution in [0.1, 0.15) is 24.2 Å². The molecule has 1 aliphatic heterocycles. The molecule has 1 aliphatic rings. The molecule has 5 heteroatoms. The van der Waals surface area contributed by atoms with Crippen LogP contribution in [-0.4, -0.2) is 31.6 Å². The Labute approximate surface area is 105 Å². The number of carbonyl (C=O) groups is 2. The van der Waals surface area contributed by atoms with Crippen LogP contribution in [-0.2, 0) is 9.53 Å². The molecule has 0 N–H and O–H groups in total. The van der Waals surface area contributed by atoms with Crippen molar-refractivity contribution in [2.45, 2.75) is 20.0 Å². The molecule has 18 heavy (non-hydrogen) atoms. The summed E-state index contributed by atoms with van der Waals surface area (Å²) in [6.45, 7) is 3.31. The van der Waals surface area contributed by atoms with Gasteiger partial charge in [-0.15, -0.1) is 0 Å². The summed E-state index contributed by atoms with van der Waals surface area (Å²) in [5.74, 6) is 0.357. The Hall–Kier alpha value is -1.88. The first-order chi connectivity index (χ1) is 8.54. The summed E-state index contributed by atoms with van der Waals surface area (Å²) in [5, 5.41) is 0. The van der Waals surface area contributed by atoms with E-state index in [1.807, 2.05) is 0 Å². The molecule has 0 fully saturated rings. The lowest BCUT2D eigenvalue weighted by Gasteiger charge is -2.32. The highest BCUT2D eigenvalue weighted by molar-refractivity contribution is 6.02. The summed E-state index contributed by atoms with van der Waals surface area (Å²) in [6, 6.07) is 5.05. The number of benzene rings is 1. The molecule has 1 aromatic carbocycles. The number of ether oxygens (including phenoxy) is 2. The second kappa shape index (κ2) is 4.78. The monoisotopic (exact) mass is 249 g/mol. The molecule has 1 heterocycles. The average molecular weight is 249 g/mol. The van der Waals surface area contributed by atoms with Crippen molar-refractivity contribution in [3.05, 3.63) is 23.8 Å². The van der Waals surface area contributed by atoms with E-state index in [0.717, 1.165) is 0 Å². The maximum Gasteiger partial charge on any atom is 0.269 e. The van der Waals surface area contributed by atoms with Gasteiger partial charge in [-0.05, 0) is 32.0 Å². The van der Waals surface area contributed by atoms with E-state index in [9.17, 15) is 9.59 Å². The minimum Gasteiger partial charge on any atom is -0.479 e. The molecule has 0 bridgehead atoms. The molecule has 2 rings (SSSR count). The van der Waals surface area contributed by atoms with Crippen LogP contribution < -0.4 is 9.64 Å². The molecule has 1 atom stereocenters. The minimum atomic E-state index is -0.546. The fourth-order valence-electron chi connectivity index (χ4n) is 1.89. The molecule has 1 aromatic rings. The molecule has 0 aromatic heterocycles. The van der Waals surface area contributed by atoms with Gasteiger partial charge in [-0.3, -0.25) is 14.5 Å². The number of methoxy groups -OCH3 is 1. The second-order valence-corrected chi connectivity index (χ2v) is 4.18. The fraction of sp³-hybridized carbons (Fsp3) is 0.385. The van der Waals surface area contributed by atoms with E-state index in [1.54, 1.807) is 25.1 Å². The Balaban J connectivity index is 2.48. The lowest BCUT2D eigenvalue weighted by Crippen LogP contribution is -2.45. The van der Waals surface area contributed by atoms with E-state index < -0.39 is 6.10 Å². The number of anilines is 1. The van der Waals surface area contributed by atoms with Crippen LogP contribution in [0.3, 0.4) is 0 Å². The van der Waals surface area contributed by atoms with Crippen LogP contribution >= 0.6 is 0 Å². The smallest absolute Gasteiger partial charge is 0.269 e. The standard InChI is InChI=1S/C13H15NO4/c1-8(15)10-4-5-12-11(6-10)14(7-17-3)13(16)9(2)18-12/h4-6,9H,7H2,1-3H3. The van der Waals surface area contributed by atoms with Gasteiger partial charge in [0, 0.05) is 12.7 Å². The normalized spacial score (nSPS) is 18.3. The molecule has 0 saturated carbocycles. The number of Topliss-reactive ketones (excluding diaryl/α,β-unsaturated/α-hetero) is 1. The van der Waals surface area contributed by atoms with Crippen molar-refractivity contribution in [1.82, 2.24) is 0 Å². The van der Waals surface area contributed by atoms with Gasteiger partial charge in [0.25, 0.3) is 5.91 Å². The summed E-state index contributed by atoms with van der Waals surface area (Å²) in [7, 11) is 1.52. The summed E-state index contributed by atoms with van der Waals surface area (Å²) >= 11 is 0. The van der Waals surface area contributed by atoms with Gasteiger partial charge >= 0.3 is 0 Å². The maximum absolute atomic E-state index is 12.0. The van der Waals surface area contributed by atoms with Crippen LogP contribution in [0.15, 0.2) is 18.2 Å². The topological polar surface area (TPSA) is 55.8 Å². The molecular weight excluding hydrogens is 234 g/mol. The van der Waals surface area contributed by atoms with E-state index in [-0.39, 0.29) is 18.4 Å². The molecular formula is C13H15NO4. The predicted molar refractivity (Wildman–Crippen MR) is 65.9 cm³/mol. The van der Waals surface area contributed by atoms with Crippen molar-refractivity contribution in [1.29, 1.82) is 0 Å². The first kappa shape index (κ1) is 12.6. The number of hydrogen-bond donors (Lipinski definition) is 0. The third-order valence-electron chi connectivity index (χ3n) is 2.83. The Kier molecular flexibility index (Phi) is 3.34. The number of rotatable bonds is 3. The average Bonchev–Trinajstić information content (AvgIpc) is 2.34. The van der Waals surface area contributed by atoms with E-state index in [2.05, 4.69) is 0 Å². The Morgan fingerprint density at radius 2 is 2.22 bits per heavy atom. The third-order valence-corrected chi connectivity index (χ3v) is 2.83. The predicted octanol–water partition coefficient (Wildman–Crippen LogP) is 1.61. The van der Waals surface area contributed by atoms with Crippen molar-refractivity contribution >= 4 is 17.4 Å². The van der Waals surface area contributed by atoms with Gasteiger partial charge in [-0.2, -0.15) is 0 Å². The van der Waals surface area contributed by atoms with Gasteiger partial charge in [0.15, 0.2) is 11.9 Å². The maximum atomic E-state index is 12.0.